The minimum atomic E-state index is -4.70. The van der Waals surface area contributed by atoms with E-state index in [4.69, 9.17) is 0 Å². The molecule has 0 saturated heterocycles. The first-order valence-electron chi connectivity index (χ1n) is 4.19. The molecule has 0 aliphatic carbocycles. The molecular formula is C8H10BrF5N2O. The second kappa shape index (κ2) is 6.90. The average molecular weight is 325 g/mol. The second-order valence-electron chi connectivity index (χ2n) is 2.90. The van der Waals surface area contributed by atoms with Gasteiger partial charge in [0.25, 0.3) is 0 Å². The van der Waals surface area contributed by atoms with Crippen molar-refractivity contribution in [1.82, 2.24) is 5.01 Å². The van der Waals surface area contributed by atoms with Crippen LogP contribution in [-0.2, 0) is 4.74 Å². The van der Waals surface area contributed by atoms with Gasteiger partial charge in [-0.25, -0.2) is 0 Å². The third-order valence-electron chi connectivity index (χ3n) is 1.42. The molecule has 0 radical (unpaired) electrons. The molecule has 0 bridgehead atoms. The zero-order chi connectivity index (χ0) is 13.6. The van der Waals surface area contributed by atoms with E-state index in [1.807, 2.05) is 0 Å². The SMILES string of the molecule is C=C(CBr)/C(=N\N(C)COC(F)F)C(F)(F)F. The van der Waals surface area contributed by atoms with Crippen LogP contribution in [0, 0.1) is 0 Å². The number of hydrogen-bond donors (Lipinski definition) is 0. The van der Waals surface area contributed by atoms with Gasteiger partial charge in [-0.3, -0.25) is 5.01 Å². The van der Waals surface area contributed by atoms with E-state index in [-0.39, 0.29) is 10.9 Å². The van der Waals surface area contributed by atoms with Crippen LogP contribution < -0.4 is 0 Å². The van der Waals surface area contributed by atoms with Crippen molar-refractivity contribution < 1.29 is 26.7 Å². The highest BCUT2D eigenvalue weighted by Crippen LogP contribution is 2.23. The highest BCUT2D eigenvalue weighted by molar-refractivity contribution is 9.09. The summed E-state index contributed by atoms with van der Waals surface area (Å²) in [6.07, 6.45) is -4.70. The largest absolute Gasteiger partial charge is 0.435 e. The van der Waals surface area contributed by atoms with Crippen molar-refractivity contribution in [3.05, 3.63) is 12.2 Å². The Morgan fingerprint density at radius 2 is 2.00 bits per heavy atom. The third kappa shape index (κ3) is 6.57. The van der Waals surface area contributed by atoms with E-state index in [1.165, 1.54) is 0 Å². The molecule has 17 heavy (non-hydrogen) atoms. The van der Waals surface area contributed by atoms with Gasteiger partial charge in [0.2, 0.25) is 0 Å². The van der Waals surface area contributed by atoms with Gasteiger partial charge in [0.15, 0.2) is 5.71 Å². The summed E-state index contributed by atoms with van der Waals surface area (Å²) in [5.41, 5.74) is -1.55. The van der Waals surface area contributed by atoms with Crippen LogP contribution in [0.25, 0.3) is 0 Å². The Bertz CT molecular complexity index is 292. The molecule has 0 N–H and O–H groups in total. The minimum Gasteiger partial charge on any atom is -0.300 e. The fourth-order valence-corrected chi connectivity index (χ4v) is 1.02. The number of allylic oxidation sites excluding steroid dienone is 1. The van der Waals surface area contributed by atoms with Gasteiger partial charge in [-0.05, 0) is 5.57 Å². The first-order chi connectivity index (χ1) is 7.68. The number of halogens is 6. The Hall–Kier alpha value is -0.700. The lowest BCUT2D eigenvalue weighted by atomic mass is 10.2. The predicted octanol–water partition coefficient (Wildman–Crippen LogP) is 2.98. The summed E-state index contributed by atoms with van der Waals surface area (Å²) in [5, 5.41) is 3.61. The average Bonchev–Trinajstić information content (AvgIpc) is 2.20. The summed E-state index contributed by atoms with van der Waals surface area (Å²) in [7, 11) is 1.08. The lowest BCUT2D eigenvalue weighted by molar-refractivity contribution is -0.155. The van der Waals surface area contributed by atoms with Gasteiger partial charge in [0.05, 0.1) is 0 Å². The topological polar surface area (TPSA) is 24.8 Å². The number of ether oxygens (including phenoxy) is 1. The number of alkyl halides is 6. The molecule has 0 saturated carbocycles. The lowest BCUT2D eigenvalue weighted by Gasteiger charge is -2.17. The third-order valence-corrected chi connectivity index (χ3v) is 2.10. The zero-order valence-electron chi connectivity index (χ0n) is 8.77. The Morgan fingerprint density at radius 1 is 1.47 bits per heavy atom. The maximum Gasteiger partial charge on any atom is 0.435 e. The summed E-state index contributed by atoms with van der Waals surface area (Å²) < 4.78 is 64.6. The number of hydrazone groups is 1. The molecule has 0 fully saturated rings. The van der Waals surface area contributed by atoms with E-state index >= 15 is 0 Å². The molecule has 9 heteroatoms. The van der Waals surface area contributed by atoms with E-state index in [1.54, 1.807) is 0 Å². The van der Waals surface area contributed by atoms with Crippen LogP contribution in [0.2, 0.25) is 0 Å². The number of rotatable bonds is 6. The molecule has 0 aromatic carbocycles. The maximum atomic E-state index is 12.5. The van der Waals surface area contributed by atoms with Crippen LogP contribution >= 0.6 is 15.9 Å². The van der Waals surface area contributed by atoms with Crippen LogP contribution in [-0.4, -0.2) is 42.6 Å². The van der Waals surface area contributed by atoms with Gasteiger partial charge in [0.1, 0.15) is 6.73 Å². The first-order valence-corrected chi connectivity index (χ1v) is 5.31. The Labute approximate surface area is 103 Å². The van der Waals surface area contributed by atoms with Gasteiger partial charge >= 0.3 is 12.8 Å². The molecule has 0 spiro atoms. The van der Waals surface area contributed by atoms with Crippen molar-refractivity contribution in [3.8, 4) is 0 Å². The van der Waals surface area contributed by atoms with Gasteiger partial charge in [-0.1, -0.05) is 22.5 Å². The van der Waals surface area contributed by atoms with Crippen molar-refractivity contribution in [1.29, 1.82) is 0 Å². The zero-order valence-corrected chi connectivity index (χ0v) is 10.4. The number of hydrogen-bond acceptors (Lipinski definition) is 3. The molecule has 0 aromatic heterocycles. The Kier molecular flexibility index (Phi) is 6.61. The van der Waals surface area contributed by atoms with Gasteiger partial charge < -0.3 is 4.74 Å². The smallest absolute Gasteiger partial charge is 0.300 e. The molecule has 0 unspecified atom stereocenters. The summed E-state index contributed by atoms with van der Waals surface area (Å²) in [6, 6.07) is 0. The molecule has 0 amide bonds. The van der Waals surface area contributed by atoms with E-state index < -0.39 is 25.2 Å². The van der Waals surface area contributed by atoms with Gasteiger partial charge in [-0.15, -0.1) is 0 Å². The van der Waals surface area contributed by atoms with Crippen molar-refractivity contribution in [3.63, 3.8) is 0 Å². The van der Waals surface area contributed by atoms with E-state index in [9.17, 15) is 22.0 Å². The van der Waals surface area contributed by atoms with Crippen LogP contribution in [0.15, 0.2) is 17.3 Å². The molecule has 0 atom stereocenters. The fourth-order valence-electron chi connectivity index (χ4n) is 0.755. The van der Waals surface area contributed by atoms with Crippen molar-refractivity contribution >= 4 is 21.6 Å². The molecule has 0 aromatic rings. The normalized spacial score (nSPS) is 13.1. The Balaban J connectivity index is 4.75. The molecule has 0 aliphatic heterocycles. The van der Waals surface area contributed by atoms with E-state index in [0.717, 1.165) is 7.05 Å². The summed E-state index contributed by atoms with van der Waals surface area (Å²) in [6.45, 7) is -0.650. The van der Waals surface area contributed by atoms with Crippen molar-refractivity contribution in [2.45, 2.75) is 12.8 Å². The van der Waals surface area contributed by atoms with Crippen LogP contribution in [0.1, 0.15) is 0 Å². The van der Waals surface area contributed by atoms with E-state index in [2.05, 4.69) is 32.3 Å². The van der Waals surface area contributed by atoms with Gasteiger partial charge in [-0.2, -0.15) is 27.1 Å². The van der Waals surface area contributed by atoms with E-state index in [0.29, 0.717) is 5.01 Å². The van der Waals surface area contributed by atoms with Crippen LogP contribution in [0.4, 0.5) is 22.0 Å². The lowest BCUT2D eigenvalue weighted by Crippen LogP contribution is -2.29. The number of nitrogens with zero attached hydrogens (tertiary/aromatic N) is 2. The van der Waals surface area contributed by atoms with Crippen molar-refractivity contribution in [2.24, 2.45) is 5.10 Å². The van der Waals surface area contributed by atoms with Crippen LogP contribution in [0.5, 0.6) is 0 Å². The molecule has 0 rings (SSSR count). The highest BCUT2D eigenvalue weighted by Gasteiger charge is 2.37. The van der Waals surface area contributed by atoms with Gasteiger partial charge in [0, 0.05) is 12.4 Å². The predicted molar refractivity (Wildman–Crippen MR) is 56.1 cm³/mol. The monoisotopic (exact) mass is 324 g/mol. The fraction of sp³-hybridized carbons (Fsp3) is 0.625. The highest BCUT2D eigenvalue weighted by atomic mass is 79.9. The minimum absolute atomic E-state index is 0.130. The quantitative estimate of drug-likeness (QED) is 0.247. The Morgan fingerprint density at radius 3 is 2.35 bits per heavy atom. The molecule has 0 heterocycles. The second-order valence-corrected chi connectivity index (χ2v) is 3.46. The molecular weight excluding hydrogens is 315 g/mol. The maximum absolute atomic E-state index is 12.5. The summed E-state index contributed by atoms with van der Waals surface area (Å²) >= 11 is 2.81. The summed E-state index contributed by atoms with van der Waals surface area (Å²) in [4.78, 5) is 0. The molecule has 0 aliphatic rings. The standard InChI is InChI=1S/C8H10BrF5N2O/c1-5(3-9)6(8(12,13)14)15-16(2)4-17-7(10)11/h7H,1,3-4H2,2H3/b15-6+. The first kappa shape index (κ1) is 16.3. The van der Waals surface area contributed by atoms with Crippen molar-refractivity contribution in [2.75, 3.05) is 19.1 Å². The summed E-state index contributed by atoms with van der Waals surface area (Å²) in [5.74, 6) is 0. The van der Waals surface area contributed by atoms with Crippen LogP contribution in [0.3, 0.4) is 0 Å². The molecule has 3 nitrogen and oxygen atoms in total. The molecule has 100 valence electrons.